The first-order valence-corrected chi connectivity index (χ1v) is 8.72. The van der Waals surface area contributed by atoms with Gasteiger partial charge in [0.15, 0.2) is 0 Å². The van der Waals surface area contributed by atoms with Crippen molar-refractivity contribution >= 4 is 18.3 Å². The molecule has 2 saturated carbocycles. The van der Waals surface area contributed by atoms with Gasteiger partial charge in [0, 0.05) is 12.5 Å². The number of piperidine rings is 1. The molecule has 4 heteroatoms. The van der Waals surface area contributed by atoms with Crippen molar-refractivity contribution < 1.29 is 4.79 Å². The molecule has 3 nitrogen and oxygen atoms in total. The molecule has 0 radical (unpaired) electrons. The Morgan fingerprint density at radius 1 is 1.14 bits per heavy atom. The third kappa shape index (κ3) is 3.92. The molecule has 1 atom stereocenters. The van der Waals surface area contributed by atoms with Crippen molar-refractivity contribution in [3.63, 3.8) is 0 Å². The summed E-state index contributed by atoms with van der Waals surface area (Å²) in [6, 6.07) is 0. The van der Waals surface area contributed by atoms with Gasteiger partial charge in [-0.3, -0.25) is 4.79 Å². The van der Waals surface area contributed by atoms with Crippen LogP contribution in [0.2, 0.25) is 0 Å². The zero-order valence-electron chi connectivity index (χ0n) is 13.3. The number of hydrogen-bond acceptors (Lipinski definition) is 2. The van der Waals surface area contributed by atoms with Gasteiger partial charge in [-0.15, -0.1) is 12.4 Å². The molecule has 1 aliphatic heterocycles. The Kier molecular flexibility index (Phi) is 5.96. The quantitative estimate of drug-likeness (QED) is 0.837. The minimum absolute atomic E-state index is 0. The maximum absolute atomic E-state index is 12.3. The van der Waals surface area contributed by atoms with Crippen LogP contribution in [-0.2, 0) is 4.79 Å². The third-order valence-electron chi connectivity index (χ3n) is 6.21. The predicted octanol–water partition coefficient (Wildman–Crippen LogP) is 3.13. The highest BCUT2D eigenvalue weighted by Gasteiger charge is 2.57. The number of carbonyl (C=O) groups excluding carboxylic acids is 1. The fourth-order valence-electron chi connectivity index (χ4n) is 4.41. The molecule has 2 N–H and O–H groups in total. The number of carbonyl (C=O) groups is 1. The van der Waals surface area contributed by atoms with Gasteiger partial charge in [0.05, 0.1) is 0 Å². The second kappa shape index (κ2) is 7.32. The molecule has 2 aliphatic carbocycles. The standard InChI is InChI=1S/C17H30N2O.ClH/c1-2-13-3-5-14(6-4-13)12-19-16(20)15-11-17(15)7-9-18-10-8-17;/h13-15,18H,2-12H2,1H3,(H,19,20);1H. The van der Waals surface area contributed by atoms with Gasteiger partial charge in [-0.1, -0.05) is 26.2 Å². The maximum atomic E-state index is 12.3. The SMILES string of the molecule is CCC1CCC(CNC(=O)C2CC23CCNCC3)CC1.Cl. The van der Waals surface area contributed by atoms with E-state index in [2.05, 4.69) is 17.6 Å². The van der Waals surface area contributed by atoms with E-state index < -0.39 is 0 Å². The van der Waals surface area contributed by atoms with E-state index in [-0.39, 0.29) is 12.4 Å². The summed E-state index contributed by atoms with van der Waals surface area (Å²) in [5.74, 6) is 2.37. The molecular weight excluding hydrogens is 284 g/mol. The lowest BCUT2D eigenvalue weighted by Crippen LogP contribution is -2.36. The van der Waals surface area contributed by atoms with E-state index in [1.165, 1.54) is 44.9 Å². The monoisotopic (exact) mass is 314 g/mol. The van der Waals surface area contributed by atoms with Crippen LogP contribution in [0.15, 0.2) is 0 Å². The van der Waals surface area contributed by atoms with Crippen molar-refractivity contribution in [2.75, 3.05) is 19.6 Å². The molecule has 0 bridgehead atoms. The highest BCUT2D eigenvalue weighted by molar-refractivity contribution is 5.85. The van der Waals surface area contributed by atoms with Gasteiger partial charge < -0.3 is 10.6 Å². The van der Waals surface area contributed by atoms with Gasteiger partial charge in [0.2, 0.25) is 5.91 Å². The molecule has 0 aromatic rings. The van der Waals surface area contributed by atoms with E-state index in [9.17, 15) is 4.79 Å². The number of nitrogens with one attached hydrogen (secondary N) is 2. The summed E-state index contributed by atoms with van der Waals surface area (Å²) in [6.45, 7) is 5.44. The largest absolute Gasteiger partial charge is 0.356 e. The Morgan fingerprint density at radius 3 is 2.38 bits per heavy atom. The molecule has 1 unspecified atom stereocenters. The van der Waals surface area contributed by atoms with Gasteiger partial charge in [-0.25, -0.2) is 0 Å². The fourth-order valence-corrected chi connectivity index (χ4v) is 4.41. The molecule has 3 fully saturated rings. The summed E-state index contributed by atoms with van der Waals surface area (Å²) in [4.78, 5) is 12.3. The fraction of sp³-hybridized carbons (Fsp3) is 0.941. The van der Waals surface area contributed by atoms with Crippen LogP contribution in [0, 0.1) is 23.2 Å². The number of halogens is 1. The van der Waals surface area contributed by atoms with Crippen LogP contribution in [0.4, 0.5) is 0 Å². The van der Waals surface area contributed by atoms with Gasteiger partial charge in [-0.05, 0) is 62.4 Å². The maximum Gasteiger partial charge on any atom is 0.223 e. The second-order valence-corrected chi connectivity index (χ2v) is 7.41. The molecular formula is C17H31ClN2O. The molecule has 0 aromatic carbocycles. The number of rotatable bonds is 4. The summed E-state index contributed by atoms with van der Waals surface area (Å²) < 4.78 is 0. The van der Waals surface area contributed by atoms with E-state index in [0.29, 0.717) is 17.2 Å². The van der Waals surface area contributed by atoms with Gasteiger partial charge in [-0.2, -0.15) is 0 Å². The molecule has 122 valence electrons. The Balaban J connectivity index is 0.00000161. The zero-order chi connectivity index (χ0) is 14.0. The minimum atomic E-state index is 0. The van der Waals surface area contributed by atoms with E-state index in [0.717, 1.165) is 37.9 Å². The van der Waals surface area contributed by atoms with Gasteiger partial charge >= 0.3 is 0 Å². The normalized spacial score (nSPS) is 34.0. The second-order valence-electron chi connectivity index (χ2n) is 7.41. The highest BCUT2D eigenvalue weighted by atomic mass is 35.5. The molecule has 1 saturated heterocycles. The van der Waals surface area contributed by atoms with Crippen LogP contribution in [-0.4, -0.2) is 25.5 Å². The molecule has 3 aliphatic rings. The van der Waals surface area contributed by atoms with Crippen molar-refractivity contribution in [3.05, 3.63) is 0 Å². The predicted molar refractivity (Wildman–Crippen MR) is 88.6 cm³/mol. The van der Waals surface area contributed by atoms with Crippen molar-refractivity contribution in [3.8, 4) is 0 Å². The van der Waals surface area contributed by atoms with E-state index in [4.69, 9.17) is 0 Å². The zero-order valence-corrected chi connectivity index (χ0v) is 14.1. The van der Waals surface area contributed by atoms with Crippen molar-refractivity contribution in [2.24, 2.45) is 23.2 Å². The highest BCUT2D eigenvalue weighted by Crippen LogP contribution is 2.58. The summed E-state index contributed by atoms with van der Waals surface area (Å²) >= 11 is 0. The summed E-state index contributed by atoms with van der Waals surface area (Å²) in [5.41, 5.74) is 0.384. The van der Waals surface area contributed by atoms with Crippen molar-refractivity contribution in [2.45, 2.75) is 58.3 Å². The average Bonchev–Trinajstić information content (AvgIpc) is 3.19. The lowest BCUT2D eigenvalue weighted by molar-refractivity contribution is -0.123. The first kappa shape index (κ1) is 17.1. The van der Waals surface area contributed by atoms with E-state index >= 15 is 0 Å². The lowest BCUT2D eigenvalue weighted by Gasteiger charge is -2.28. The third-order valence-corrected chi connectivity index (χ3v) is 6.21. The smallest absolute Gasteiger partial charge is 0.223 e. The van der Waals surface area contributed by atoms with E-state index in [1.54, 1.807) is 0 Å². The molecule has 1 spiro atoms. The van der Waals surface area contributed by atoms with Gasteiger partial charge in [0.25, 0.3) is 0 Å². The number of hydrogen-bond donors (Lipinski definition) is 2. The lowest BCUT2D eigenvalue weighted by atomic mass is 9.81. The Labute approximate surface area is 135 Å². The van der Waals surface area contributed by atoms with Crippen molar-refractivity contribution in [1.82, 2.24) is 10.6 Å². The van der Waals surface area contributed by atoms with Crippen LogP contribution in [0.1, 0.15) is 58.3 Å². The Hall–Kier alpha value is -0.280. The Morgan fingerprint density at radius 2 is 1.76 bits per heavy atom. The van der Waals surface area contributed by atoms with Crippen LogP contribution >= 0.6 is 12.4 Å². The van der Waals surface area contributed by atoms with Crippen molar-refractivity contribution in [1.29, 1.82) is 0 Å². The molecule has 21 heavy (non-hydrogen) atoms. The summed E-state index contributed by atoms with van der Waals surface area (Å²) in [7, 11) is 0. The van der Waals surface area contributed by atoms with E-state index in [1.807, 2.05) is 0 Å². The molecule has 3 rings (SSSR count). The van der Waals surface area contributed by atoms with Crippen LogP contribution in [0.3, 0.4) is 0 Å². The molecule has 1 amide bonds. The number of amides is 1. The molecule has 1 heterocycles. The van der Waals surface area contributed by atoms with Crippen LogP contribution in [0.25, 0.3) is 0 Å². The summed E-state index contributed by atoms with van der Waals surface area (Å²) in [5, 5.41) is 6.66. The average molecular weight is 315 g/mol. The van der Waals surface area contributed by atoms with Crippen LogP contribution < -0.4 is 10.6 Å². The summed E-state index contributed by atoms with van der Waals surface area (Å²) in [6.07, 6.45) is 10.3. The molecule has 0 aromatic heterocycles. The first-order valence-electron chi connectivity index (χ1n) is 8.72. The topological polar surface area (TPSA) is 41.1 Å². The minimum Gasteiger partial charge on any atom is -0.356 e. The van der Waals surface area contributed by atoms with Gasteiger partial charge in [0.1, 0.15) is 0 Å². The van der Waals surface area contributed by atoms with Crippen LogP contribution in [0.5, 0.6) is 0 Å². The Bertz CT molecular complexity index is 347. The first-order chi connectivity index (χ1) is 9.73.